The van der Waals surface area contributed by atoms with Crippen molar-refractivity contribution in [3.05, 3.63) is 65.5 Å². The maximum atomic E-state index is 13.5. The van der Waals surface area contributed by atoms with Crippen LogP contribution in [0.15, 0.2) is 65.2 Å². The molecule has 2 aromatic carbocycles. The van der Waals surface area contributed by atoms with Crippen molar-refractivity contribution in [1.82, 2.24) is 10.1 Å². The summed E-state index contributed by atoms with van der Waals surface area (Å²) in [7, 11) is 0. The Bertz CT molecular complexity index is 1090. The summed E-state index contributed by atoms with van der Waals surface area (Å²) in [6.07, 6.45) is -4.50. The lowest BCUT2D eigenvalue weighted by atomic mass is 10.1. The van der Waals surface area contributed by atoms with E-state index in [1.807, 2.05) is 0 Å². The number of nitrogens with zero attached hydrogens (tertiary/aromatic N) is 2. The number of aromatic nitrogens is 2. The van der Waals surface area contributed by atoms with Gasteiger partial charge in [0, 0.05) is 11.1 Å². The van der Waals surface area contributed by atoms with Crippen molar-refractivity contribution in [3.8, 4) is 39.0 Å². The smallest absolute Gasteiger partial charge is 0.426 e. The Hall–Kier alpha value is -3.13. The molecule has 0 radical (unpaired) electrons. The number of aromatic hydroxyl groups is 1. The highest BCUT2D eigenvalue weighted by Crippen LogP contribution is 2.45. The number of thiophene rings is 1. The predicted octanol–water partition coefficient (Wildman–Crippen LogP) is 5.86. The fraction of sp³-hybridized carbons (Fsp3) is 0.0526. The first-order valence-electron chi connectivity index (χ1n) is 7.82. The normalized spacial score (nSPS) is 11.7. The second kappa shape index (κ2) is 6.55. The first-order chi connectivity index (χ1) is 12.9. The molecule has 0 spiro atoms. The number of halogens is 3. The van der Waals surface area contributed by atoms with Crippen molar-refractivity contribution in [2.75, 3.05) is 0 Å². The number of benzene rings is 2. The minimum absolute atomic E-state index is 0.00831. The van der Waals surface area contributed by atoms with E-state index < -0.39 is 11.1 Å². The molecule has 0 saturated heterocycles. The summed E-state index contributed by atoms with van der Waals surface area (Å²) in [5.41, 5.74) is 1.03. The van der Waals surface area contributed by atoms with Crippen LogP contribution in [0.25, 0.3) is 33.3 Å². The van der Waals surface area contributed by atoms with Gasteiger partial charge in [-0.2, -0.15) is 18.2 Å². The summed E-state index contributed by atoms with van der Waals surface area (Å²) in [5.74, 6) is 0.204. The van der Waals surface area contributed by atoms with Crippen LogP contribution in [-0.2, 0) is 6.18 Å². The highest BCUT2D eigenvalue weighted by atomic mass is 32.1. The molecule has 0 atom stereocenters. The van der Waals surface area contributed by atoms with Gasteiger partial charge in [0.25, 0.3) is 5.89 Å². The molecule has 4 nitrogen and oxygen atoms in total. The molecule has 4 aromatic rings. The Morgan fingerprint density at radius 1 is 0.926 bits per heavy atom. The number of hydrogen-bond donors (Lipinski definition) is 1. The summed E-state index contributed by atoms with van der Waals surface area (Å²) in [5, 5.41) is 13.4. The monoisotopic (exact) mass is 388 g/mol. The van der Waals surface area contributed by atoms with E-state index in [2.05, 4.69) is 10.1 Å². The van der Waals surface area contributed by atoms with Crippen LogP contribution < -0.4 is 0 Å². The molecule has 4 rings (SSSR count). The Kier molecular flexibility index (Phi) is 4.19. The summed E-state index contributed by atoms with van der Waals surface area (Å²) in [6, 6.07) is 16.0. The second-order valence-corrected chi connectivity index (χ2v) is 6.74. The summed E-state index contributed by atoms with van der Waals surface area (Å²) >= 11 is 0.555. The largest absolute Gasteiger partial charge is 0.508 e. The maximum Gasteiger partial charge on any atom is 0.426 e. The zero-order valence-electron chi connectivity index (χ0n) is 13.6. The Morgan fingerprint density at radius 2 is 1.67 bits per heavy atom. The fourth-order valence-corrected chi connectivity index (χ4v) is 3.59. The van der Waals surface area contributed by atoms with Crippen LogP contribution >= 0.6 is 11.3 Å². The second-order valence-electron chi connectivity index (χ2n) is 5.69. The van der Waals surface area contributed by atoms with Crippen molar-refractivity contribution < 1.29 is 22.8 Å². The molecular formula is C19H11F3N2O2S. The van der Waals surface area contributed by atoms with E-state index in [0.717, 1.165) is 0 Å². The third-order valence-corrected chi connectivity index (χ3v) is 4.98. The number of hydrogen-bond acceptors (Lipinski definition) is 5. The Labute approximate surface area is 155 Å². The van der Waals surface area contributed by atoms with E-state index in [0.29, 0.717) is 22.5 Å². The number of alkyl halides is 3. The molecule has 0 unspecified atom stereocenters. The molecule has 0 aliphatic heterocycles. The van der Waals surface area contributed by atoms with Crippen LogP contribution in [0.4, 0.5) is 13.2 Å². The molecule has 8 heteroatoms. The fourth-order valence-electron chi connectivity index (χ4n) is 2.62. The zero-order chi connectivity index (χ0) is 19.0. The minimum Gasteiger partial charge on any atom is -0.508 e. The number of phenols is 1. The van der Waals surface area contributed by atoms with Gasteiger partial charge < -0.3 is 9.63 Å². The number of rotatable bonds is 3. The quantitative estimate of drug-likeness (QED) is 0.478. The molecule has 0 saturated carbocycles. The molecule has 0 aliphatic rings. The van der Waals surface area contributed by atoms with Crippen molar-refractivity contribution >= 4 is 11.3 Å². The van der Waals surface area contributed by atoms with Gasteiger partial charge in [0.05, 0.1) is 4.88 Å². The van der Waals surface area contributed by atoms with Crippen LogP contribution in [0.1, 0.15) is 4.88 Å². The average Bonchev–Trinajstić information content (AvgIpc) is 3.29. The van der Waals surface area contributed by atoms with Crippen molar-refractivity contribution in [3.63, 3.8) is 0 Å². The van der Waals surface area contributed by atoms with Gasteiger partial charge in [0.2, 0.25) is 5.82 Å². The zero-order valence-corrected chi connectivity index (χ0v) is 14.4. The van der Waals surface area contributed by atoms with E-state index in [4.69, 9.17) is 4.52 Å². The molecule has 0 aliphatic carbocycles. The van der Waals surface area contributed by atoms with Crippen molar-refractivity contribution in [2.24, 2.45) is 0 Å². The molecule has 0 fully saturated rings. The average molecular weight is 388 g/mol. The van der Waals surface area contributed by atoms with Gasteiger partial charge in [0.15, 0.2) is 0 Å². The van der Waals surface area contributed by atoms with E-state index in [9.17, 15) is 18.3 Å². The van der Waals surface area contributed by atoms with Gasteiger partial charge in [-0.05, 0) is 23.8 Å². The van der Waals surface area contributed by atoms with Gasteiger partial charge in [0.1, 0.15) is 10.6 Å². The van der Waals surface area contributed by atoms with Crippen LogP contribution in [0.3, 0.4) is 0 Å². The molecule has 1 N–H and O–H groups in total. The highest BCUT2D eigenvalue weighted by Gasteiger charge is 2.37. The van der Waals surface area contributed by atoms with Gasteiger partial charge >= 0.3 is 6.18 Å². The van der Waals surface area contributed by atoms with Crippen LogP contribution in [0.2, 0.25) is 0 Å². The topological polar surface area (TPSA) is 59.2 Å². The number of phenolic OH excluding ortho intramolecular Hbond substituents is 1. The maximum absolute atomic E-state index is 13.5. The van der Waals surface area contributed by atoms with E-state index >= 15 is 0 Å². The molecule has 0 amide bonds. The molecule has 27 heavy (non-hydrogen) atoms. The third kappa shape index (κ3) is 3.43. The molecule has 0 bridgehead atoms. The summed E-state index contributed by atoms with van der Waals surface area (Å²) in [6.45, 7) is 0. The van der Waals surface area contributed by atoms with E-state index in [-0.39, 0.29) is 27.9 Å². The third-order valence-electron chi connectivity index (χ3n) is 3.82. The molecule has 136 valence electrons. The standard InChI is InChI=1S/C19H11F3N2O2S/c20-19(21,22)16-14(11-5-2-1-3-6-11)10-15(27-16)18-23-17(24-26-18)12-7-4-8-13(25)9-12/h1-10,25H. The highest BCUT2D eigenvalue weighted by molar-refractivity contribution is 7.16. The van der Waals surface area contributed by atoms with E-state index in [1.165, 1.54) is 18.2 Å². The first kappa shape index (κ1) is 17.3. The lowest BCUT2D eigenvalue weighted by Crippen LogP contribution is -2.03. The van der Waals surface area contributed by atoms with E-state index in [1.54, 1.807) is 42.5 Å². The lowest BCUT2D eigenvalue weighted by Gasteiger charge is -2.07. The van der Waals surface area contributed by atoms with Crippen molar-refractivity contribution in [2.45, 2.75) is 6.18 Å². The molecule has 2 aromatic heterocycles. The Morgan fingerprint density at radius 3 is 2.37 bits per heavy atom. The van der Waals surface area contributed by atoms with Crippen LogP contribution in [0, 0.1) is 0 Å². The summed E-state index contributed by atoms with van der Waals surface area (Å²) < 4.78 is 45.6. The van der Waals surface area contributed by atoms with Crippen LogP contribution in [0.5, 0.6) is 5.75 Å². The predicted molar refractivity (Wildman–Crippen MR) is 95.1 cm³/mol. The molecular weight excluding hydrogens is 377 g/mol. The Balaban J connectivity index is 1.78. The van der Waals surface area contributed by atoms with Gasteiger partial charge in [-0.1, -0.05) is 47.6 Å². The minimum atomic E-state index is -4.50. The van der Waals surface area contributed by atoms with Gasteiger partial charge in [-0.15, -0.1) is 11.3 Å². The van der Waals surface area contributed by atoms with Gasteiger partial charge in [-0.25, -0.2) is 0 Å². The SMILES string of the molecule is Oc1cccc(-c2noc(-c3cc(-c4ccccc4)c(C(F)(F)F)s3)n2)c1. The lowest BCUT2D eigenvalue weighted by molar-refractivity contribution is -0.133. The van der Waals surface area contributed by atoms with Gasteiger partial charge in [-0.3, -0.25) is 0 Å². The van der Waals surface area contributed by atoms with Crippen LogP contribution in [-0.4, -0.2) is 15.2 Å². The summed E-state index contributed by atoms with van der Waals surface area (Å²) in [4.78, 5) is 3.68. The van der Waals surface area contributed by atoms with Crippen molar-refractivity contribution in [1.29, 1.82) is 0 Å². The molecule has 2 heterocycles. The first-order valence-corrected chi connectivity index (χ1v) is 8.63.